The van der Waals surface area contributed by atoms with Crippen molar-refractivity contribution in [1.29, 1.82) is 0 Å². The Hall–Kier alpha value is -0.390. The molecule has 2 aromatic heterocycles. The third-order valence-corrected chi connectivity index (χ3v) is 5.59. The van der Waals surface area contributed by atoms with E-state index in [0.717, 1.165) is 17.2 Å². The van der Waals surface area contributed by atoms with Crippen LogP contribution in [0.5, 0.6) is 0 Å². The monoisotopic (exact) mass is 313 g/mol. The molecule has 2 aromatic rings. The standard InChI is InChI=1S/C14H16ClNOS2/c15-13-8-7-12(19-13)14(11-6-3-9-18-11)16-17-10-4-1-2-5-10/h3,6-10,14,16H,1-2,4-5H2. The summed E-state index contributed by atoms with van der Waals surface area (Å²) in [4.78, 5) is 8.33. The normalized spacial score (nSPS) is 17.9. The molecule has 1 saturated carbocycles. The van der Waals surface area contributed by atoms with Gasteiger partial charge in [0, 0.05) is 9.75 Å². The first kappa shape index (κ1) is 13.6. The molecule has 19 heavy (non-hydrogen) atoms. The van der Waals surface area contributed by atoms with E-state index in [-0.39, 0.29) is 6.04 Å². The Balaban J connectivity index is 1.73. The highest BCUT2D eigenvalue weighted by molar-refractivity contribution is 7.16. The van der Waals surface area contributed by atoms with E-state index in [0.29, 0.717) is 6.10 Å². The molecule has 2 nitrogen and oxygen atoms in total. The Labute approximate surface area is 126 Å². The van der Waals surface area contributed by atoms with Crippen LogP contribution in [0.15, 0.2) is 29.6 Å². The van der Waals surface area contributed by atoms with Crippen LogP contribution in [0.3, 0.4) is 0 Å². The fraction of sp³-hybridized carbons (Fsp3) is 0.429. The summed E-state index contributed by atoms with van der Waals surface area (Å²) in [7, 11) is 0. The van der Waals surface area contributed by atoms with E-state index in [9.17, 15) is 0 Å². The maximum atomic E-state index is 6.05. The lowest BCUT2D eigenvalue weighted by Crippen LogP contribution is -2.26. The van der Waals surface area contributed by atoms with E-state index >= 15 is 0 Å². The molecule has 1 N–H and O–H groups in total. The van der Waals surface area contributed by atoms with Crippen molar-refractivity contribution < 1.29 is 4.84 Å². The van der Waals surface area contributed by atoms with Crippen molar-refractivity contribution in [3.63, 3.8) is 0 Å². The number of nitrogens with one attached hydrogen (secondary N) is 1. The molecular weight excluding hydrogens is 298 g/mol. The topological polar surface area (TPSA) is 21.3 Å². The number of halogens is 1. The molecule has 0 saturated heterocycles. The summed E-state index contributed by atoms with van der Waals surface area (Å²) >= 11 is 9.39. The lowest BCUT2D eigenvalue weighted by atomic mass is 10.2. The minimum atomic E-state index is 0.0955. The Kier molecular flexibility index (Phi) is 4.56. The molecule has 102 valence electrons. The van der Waals surface area contributed by atoms with Crippen molar-refractivity contribution in [1.82, 2.24) is 5.48 Å². The average Bonchev–Trinajstić information content (AvgIpc) is 3.11. The minimum Gasteiger partial charge on any atom is -0.298 e. The number of rotatable bonds is 5. The Morgan fingerprint density at radius 2 is 2.05 bits per heavy atom. The van der Waals surface area contributed by atoms with Crippen LogP contribution in [0.1, 0.15) is 41.5 Å². The summed E-state index contributed by atoms with van der Waals surface area (Å²) in [6.07, 6.45) is 5.24. The largest absolute Gasteiger partial charge is 0.298 e. The van der Waals surface area contributed by atoms with Gasteiger partial charge in [0.2, 0.25) is 0 Å². The molecule has 0 amide bonds. The minimum absolute atomic E-state index is 0.0955. The lowest BCUT2D eigenvalue weighted by Gasteiger charge is -2.19. The van der Waals surface area contributed by atoms with E-state index in [1.54, 1.807) is 22.7 Å². The molecule has 1 atom stereocenters. The predicted molar refractivity (Wildman–Crippen MR) is 82.0 cm³/mol. The second-order valence-electron chi connectivity index (χ2n) is 4.73. The SMILES string of the molecule is Clc1ccc(C(NOC2CCCC2)c2cccs2)s1. The molecule has 1 aliphatic carbocycles. The van der Waals surface area contributed by atoms with Gasteiger partial charge in [-0.3, -0.25) is 4.84 Å². The van der Waals surface area contributed by atoms with Crippen molar-refractivity contribution in [3.05, 3.63) is 43.7 Å². The average molecular weight is 314 g/mol. The van der Waals surface area contributed by atoms with Crippen LogP contribution < -0.4 is 5.48 Å². The van der Waals surface area contributed by atoms with Crippen molar-refractivity contribution >= 4 is 34.3 Å². The zero-order valence-electron chi connectivity index (χ0n) is 10.5. The van der Waals surface area contributed by atoms with Crippen LogP contribution in [0.25, 0.3) is 0 Å². The highest BCUT2D eigenvalue weighted by Crippen LogP contribution is 2.33. The first-order valence-electron chi connectivity index (χ1n) is 6.53. The van der Waals surface area contributed by atoms with Crippen LogP contribution in [-0.4, -0.2) is 6.10 Å². The molecule has 0 radical (unpaired) electrons. The second-order valence-corrected chi connectivity index (χ2v) is 7.46. The smallest absolute Gasteiger partial charge is 0.101 e. The third-order valence-electron chi connectivity index (χ3n) is 3.36. The van der Waals surface area contributed by atoms with Gasteiger partial charge < -0.3 is 0 Å². The van der Waals surface area contributed by atoms with E-state index in [1.807, 2.05) is 6.07 Å². The predicted octanol–water partition coefficient (Wildman–Crippen LogP) is 5.02. The Morgan fingerprint density at radius 3 is 2.68 bits per heavy atom. The van der Waals surface area contributed by atoms with Gasteiger partial charge in [-0.15, -0.1) is 22.7 Å². The number of hydroxylamine groups is 1. The molecule has 1 aliphatic rings. The van der Waals surface area contributed by atoms with E-state index in [2.05, 4.69) is 29.1 Å². The summed E-state index contributed by atoms with van der Waals surface area (Å²) in [6, 6.07) is 8.31. The Bertz CT molecular complexity index is 505. The van der Waals surface area contributed by atoms with Crippen molar-refractivity contribution in [2.45, 2.75) is 37.8 Å². The first-order valence-corrected chi connectivity index (χ1v) is 8.60. The van der Waals surface area contributed by atoms with Gasteiger partial charge in [-0.05, 0) is 36.4 Å². The van der Waals surface area contributed by atoms with Crippen LogP contribution in [0.2, 0.25) is 4.34 Å². The zero-order valence-corrected chi connectivity index (χ0v) is 12.9. The highest BCUT2D eigenvalue weighted by Gasteiger charge is 2.21. The van der Waals surface area contributed by atoms with Crippen molar-refractivity contribution in [2.24, 2.45) is 0 Å². The van der Waals surface area contributed by atoms with Gasteiger partial charge in [0.25, 0.3) is 0 Å². The molecule has 0 aliphatic heterocycles. The molecule has 3 rings (SSSR count). The van der Waals surface area contributed by atoms with Crippen LogP contribution in [0.4, 0.5) is 0 Å². The second kappa shape index (κ2) is 6.37. The summed E-state index contributed by atoms with van der Waals surface area (Å²) in [5.74, 6) is 0. The van der Waals surface area contributed by atoms with Crippen molar-refractivity contribution in [3.8, 4) is 0 Å². The summed E-state index contributed by atoms with van der Waals surface area (Å²) in [5, 5.41) is 2.09. The van der Waals surface area contributed by atoms with Gasteiger partial charge in [0.05, 0.1) is 10.4 Å². The van der Waals surface area contributed by atoms with Gasteiger partial charge in [-0.25, -0.2) is 0 Å². The summed E-state index contributed by atoms with van der Waals surface area (Å²) < 4.78 is 0.819. The highest BCUT2D eigenvalue weighted by atomic mass is 35.5. The quantitative estimate of drug-likeness (QED) is 0.783. The van der Waals surface area contributed by atoms with E-state index in [4.69, 9.17) is 16.4 Å². The molecule has 2 heterocycles. The van der Waals surface area contributed by atoms with Gasteiger partial charge in [-0.2, -0.15) is 5.48 Å². The maximum absolute atomic E-state index is 6.05. The lowest BCUT2D eigenvalue weighted by molar-refractivity contribution is -0.0329. The third kappa shape index (κ3) is 3.38. The summed E-state index contributed by atoms with van der Waals surface area (Å²) in [6.45, 7) is 0. The van der Waals surface area contributed by atoms with Gasteiger partial charge >= 0.3 is 0 Å². The number of hydrogen-bond donors (Lipinski definition) is 1. The number of hydrogen-bond acceptors (Lipinski definition) is 4. The maximum Gasteiger partial charge on any atom is 0.101 e. The Morgan fingerprint density at radius 1 is 1.21 bits per heavy atom. The molecular formula is C14H16ClNOS2. The molecule has 1 fully saturated rings. The van der Waals surface area contributed by atoms with Crippen LogP contribution in [0, 0.1) is 0 Å². The van der Waals surface area contributed by atoms with E-state index in [1.165, 1.54) is 22.6 Å². The van der Waals surface area contributed by atoms with Crippen LogP contribution in [-0.2, 0) is 4.84 Å². The van der Waals surface area contributed by atoms with Crippen molar-refractivity contribution in [2.75, 3.05) is 0 Å². The molecule has 1 unspecified atom stereocenters. The fourth-order valence-electron chi connectivity index (χ4n) is 2.37. The van der Waals surface area contributed by atoms with Gasteiger partial charge in [0.15, 0.2) is 0 Å². The van der Waals surface area contributed by atoms with Gasteiger partial charge in [-0.1, -0.05) is 30.5 Å². The summed E-state index contributed by atoms with van der Waals surface area (Å²) in [5.41, 5.74) is 3.26. The zero-order chi connectivity index (χ0) is 13.1. The molecule has 0 aromatic carbocycles. The van der Waals surface area contributed by atoms with Gasteiger partial charge in [0.1, 0.15) is 6.04 Å². The molecule has 0 bridgehead atoms. The fourth-order valence-corrected chi connectivity index (χ4v) is 4.34. The first-order chi connectivity index (χ1) is 9.33. The molecule has 0 spiro atoms. The van der Waals surface area contributed by atoms with Crippen LogP contribution >= 0.6 is 34.3 Å². The number of thiophene rings is 2. The molecule has 5 heteroatoms. The van der Waals surface area contributed by atoms with E-state index < -0.39 is 0 Å².